The maximum absolute atomic E-state index is 9.55. The summed E-state index contributed by atoms with van der Waals surface area (Å²) in [6.07, 6.45) is 5.13. The highest BCUT2D eigenvalue weighted by atomic mass is 16.3. The molecule has 0 aliphatic carbocycles. The number of aryl methyl sites for hydroxylation is 1. The van der Waals surface area contributed by atoms with Gasteiger partial charge in [0.25, 0.3) is 0 Å². The van der Waals surface area contributed by atoms with Gasteiger partial charge in [0.1, 0.15) is 0 Å². The predicted molar refractivity (Wildman–Crippen MR) is 57.3 cm³/mol. The number of rotatable bonds is 5. The van der Waals surface area contributed by atoms with Crippen LogP contribution in [0, 0.1) is 5.92 Å². The van der Waals surface area contributed by atoms with Gasteiger partial charge >= 0.3 is 0 Å². The molecule has 0 saturated heterocycles. The summed E-state index contributed by atoms with van der Waals surface area (Å²) >= 11 is 0. The second-order valence-electron chi connectivity index (χ2n) is 4.19. The van der Waals surface area contributed by atoms with E-state index in [4.69, 9.17) is 0 Å². The molecule has 0 aromatic carbocycles. The van der Waals surface area contributed by atoms with Crippen molar-refractivity contribution in [2.24, 2.45) is 5.92 Å². The number of hydrogen-bond acceptors (Lipinski definition) is 2. The molecule has 1 N–H and O–H groups in total. The minimum absolute atomic E-state index is 0.204. The van der Waals surface area contributed by atoms with Gasteiger partial charge in [0.05, 0.1) is 0 Å². The molecule has 3 nitrogen and oxygen atoms in total. The van der Waals surface area contributed by atoms with Gasteiger partial charge in [-0.25, -0.2) is 0 Å². The lowest BCUT2D eigenvalue weighted by molar-refractivity contribution is 0.427. The highest BCUT2D eigenvalue weighted by molar-refractivity contribution is 5.21. The minimum Gasteiger partial charge on any atom is -0.492 e. The molecule has 0 bridgehead atoms. The van der Waals surface area contributed by atoms with E-state index in [2.05, 4.69) is 25.9 Å². The van der Waals surface area contributed by atoms with Crippen LogP contribution in [0.2, 0.25) is 0 Å². The van der Waals surface area contributed by atoms with Crippen LogP contribution >= 0.6 is 0 Å². The molecule has 14 heavy (non-hydrogen) atoms. The van der Waals surface area contributed by atoms with E-state index in [1.54, 1.807) is 0 Å². The van der Waals surface area contributed by atoms with Crippen LogP contribution in [0.3, 0.4) is 0 Å². The molecule has 3 heteroatoms. The van der Waals surface area contributed by atoms with Crippen molar-refractivity contribution in [2.45, 2.75) is 46.6 Å². The summed E-state index contributed by atoms with van der Waals surface area (Å²) in [6, 6.07) is 0. The standard InChI is InChI=1S/C11H20N2O/c1-4-5-6-13-8-10(7-9(2)3)11(14)12-13/h8-9H,4-7H2,1-3H3,(H,12,14). The van der Waals surface area contributed by atoms with Gasteiger partial charge in [0, 0.05) is 18.3 Å². The molecular weight excluding hydrogens is 176 g/mol. The molecule has 0 amide bonds. The Balaban J connectivity index is 2.62. The number of aromatic hydroxyl groups is 1. The van der Waals surface area contributed by atoms with Gasteiger partial charge in [0.2, 0.25) is 5.88 Å². The summed E-state index contributed by atoms with van der Waals surface area (Å²) in [7, 11) is 0. The van der Waals surface area contributed by atoms with Crippen LogP contribution < -0.4 is 0 Å². The van der Waals surface area contributed by atoms with E-state index in [-0.39, 0.29) is 5.88 Å². The van der Waals surface area contributed by atoms with Crippen LogP contribution in [0.25, 0.3) is 0 Å². The fourth-order valence-corrected chi connectivity index (χ4v) is 1.47. The Labute approximate surface area is 85.8 Å². The maximum atomic E-state index is 9.55. The smallest absolute Gasteiger partial charge is 0.233 e. The van der Waals surface area contributed by atoms with Crippen molar-refractivity contribution >= 4 is 0 Å². The molecule has 0 spiro atoms. The zero-order chi connectivity index (χ0) is 10.6. The fraction of sp³-hybridized carbons (Fsp3) is 0.727. The summed E-state index contributed by atoms with van der Waals surface area (Å²) in [5.74, 6) is 0.763. The summed E-state index contributed by atoms with van der Waals surface area (Å²) in [4.78, 5) is 0. The first-order chi connectivity index (χ1) is 6.63. The SMILES string of the molecule is CCCCn1cc(CC(C)C)c(O)n1. The van der Waals surface area contributed by atoms with Crippen molar-refractivity contribution in [3.05, 3.63) is 11.8 Å². The number of aromatic nitrogens is 2. The summed E-state index contributed by atoms with van der Waals surface area (Å²) < 4.78 is 1.84. The first-order valence-corrected chi connectivity index (χ1v) is 5.38. The van der Waals surface area contributed by atoms with E-state index < -0.39 is 0 Å². The Morgan fingerprint density at radius 1 is 1.50 bits per heavy atom. The minimum atomic E-state index is 0.204. The molecule has 0 saturated carbocycles. The van der Waals surface area contributed by atoms with E-state index >= 15 is 0 Å². The van der Waals surface area contributed by atoms with E-state index in [1.165, 1.54) is 0 Å². The van der Waals surface area contributed by atoms with E-state index in [0.29, 0.717) is 5.92 Å². The zero-order valence-electron chi connectivity index (χ0n) is 9.32. The van der Waals surface area contributed by atoms with E-state index in [9.17, 15) is 5.11 Å². The Morgan fingerprint density at radius 3 is 2.79 bits per heavy atom. The number of unbranched alkanes of at least 4 members (excludes halogenated alkanes) is 1. The van der Waals surface area contributed by atoms with Crippen molar-refractivity contribution in [3.63, 3.8) is 0 Å². The molecule has 0 fully saturated rings. The second-order valence-corrected chi connectivity index (χ2v) is 4.19. The highest BCUT2D eigenvalue weighted by Crippen LogP contribution is 2.18. The quantitative estimate of drug-likeness (QED) is 0.786. The molecule has 1 rings (SSSR count). The molecule has 0 aliphatic heterocycles. The largest absolute Gasteiger partial charge is 0.492 e. The average Bonchev–Trinajstić information content (AvgIpc) is 2.43. The summed E-state index contributed by atoms with van der Waals surface area (Å²) in [5.41, 5.74) is 0.969. The molecule has 1 aromatic rings. The van der Waals surface area contributed by atoms with Gasteiger partial charge in [-0.05, 0) is 18.8 Å². The average molecular weight is 196 g/mol. The topological polar surface area (TPSA) is 38.0 Å². The van der Waals surface area contributed by atoms with Crippen LogP contribution in [-0.4, -0.2) is 14.9 Å². The molecule has 0 radical (unpaired) electrons. The lowest BCUT2D eigenvalue weighted by Crippen LogP contribution is -1.97. The lowest BCUT2D eigenvalue weighted by Gasteiger charge is -2.00. The first kappa shape index (κ1) is 11.1. The van der Waals surface area contributed by atoms with Crippen LogP contribution in [0.1, 0.15) is 39.2 Å². The predicted octanol–water partition coefficient (Wildman–Crippen LogP) is 2.59. The summed E-state index contributed by atoms with van der Waals surface area (Å²) in [6.45, 7) is 7.34. The van der Waals surface area contributed by atoms with Crippen molar-refractivity contribution in [3.8, 4) is 5.88 Å². The monoisotopic (exact) mass is 196 g/mol. The molecule has 1 aromatic heterocycles. The number of nitrogens with zero attached hydrogens (tertiary/aromatic N) is 2. The third kappa shape index (κ3) is 3.05. The molecule has 0 atom stereocenters. The molecule has 0 unspecified atom stereocenters. The van der Waals surface area contributed by atoms with Crippen LogP contribution in [0.15, 0.2) is 6.20 Å². The molecule has 1 heterocycles. The van der Waals surface area contributed by atoms with E-state index in [0.717, 1.165) is 31.4 Å². The lowest BCUT2D eigenvalue weighted by atomic mass is 10.1. The van der Waals surface area contributed by atoms with Crippen LogP contribution in [-0.2, 0) is 13.0 Å². The third-order valence-corrected chi connectivity index (χ3v) is 2.18. The normalized spacial score (nSPS) is 11.1. The van der Waals surface area contributed by atoms with Gasteiger partial charge in [-0.15, -0.1) is 5.10 Å². The van der Waals surface area contributed by atoms with Gasteiger partial charge in [0.15, 0.2) is 0 Å². The Kier molecular flexibility index (Phi) is 3.98. The molecule has 0 aliphatic rings. The van der Waals surface area contributed by atoms with Crippen molar-refractivity contribution in [2.75, 3.05) is 0 Å². The van der Waals surface area contributed by atoms with Crippen molar-refractivity contribution in [1.29, 1.82) is 0 Å². The van der Waals surface area contributed by atoms with Gasteiger partial charge in [-0.3, -0.25) is 4.68 Å². The highest BCUT2D eigenvalue weighted by Gasteiger charge is 2.08. The number of hydrogen-bond donors (Lipinski definition) is 1. The van der Waals surface area contributed by atoms with Gasteiger partial charge in [-0.1, -0.05) is 27.2 Å². The Bertz CT molecular complexity index is 279. The third-order valence-electron chi connectivity index (χ3n) is 2.18. The Morgan fingerprint density at radius 2 is 2.21 bits per heavy atom. The fourth-order valence-electron chi connectivity index (χ4n) is 1.47. The first-order valence-electron chi connectivity index (χ1n) is 5.38. The molecule has 80 valence electrons. The van der Waals surface area contributed by atoms with Crippen molar-refractivity contribution < 1.29 is 5.11 Å². The Hall–Kier alpha value is -0.990. The van der Waals surface area contributed by atoms with Gasteiger partial charge in [-0.2, -0.15) is 0 Å². The van der Waals surface area contributed by atoms with E-state index in [1.807, 2.05) is 10.9 Å². The van der Waals surface area contributed by atoms with Crippen LogP contribution in [0.4, 0.5) is 0 Å². The van der Waals surface area contributed by atoms with Crippen molar-refractivity contribution in [1.82, 2.24) is 9.78 Å². The van der Waals surface area contributed by atoms with Crippen LogP contribution in [0.5, 0.6) is 5.88 Å². The summed E-state index contributed by atoms with van der Waals surface area (Å²) in [5, 5.41) is 13.6. The second kappa shape index (κ2) is 5.03. The van der Waals surface area contributed by atoms with Gasteiger partial charge < -0.3 is 5.11 Å². The zero-order valence-corrected chi connectivity index (χ0v) is 9.32. The molecular formula is C11H20N2O. The maximum Gasteiger partial charge on any atom is 0.233 e.